The van der Waals surface area contributed by atoms with Gasteiger partial charge in [-0.2, -0.15) is 0 Å². The van der Waals surface area contributed by atoms with Crippen molar-refractivity contribution in [2.24, 2.45) is 5.92 Å². The van der Waals surface area contributed by atoms with E-state index in [-0.39, 0.29) is 0 Å². The number of hydrogen-bond acceptors (Lipinski definition) is 4. The number of carboxylic acids is 1. The molecule has 1 aliphatic heterocycles. The second-order valence-electron chi connectivity index (χ2n) is 5.16. The van der Waals surface area contributed by atoms with Gasteiger partial charge in [-0.3, -0.25) is 10.1 Å². The van der Waals surface area contributed by atoms with Crippen molar-refractivity contribution in [1.82, 2.24) is 15.1 Å². The number of amides is 3. The number of carbonyl (C=O) groups is 3. The van der Waals surface area contributed by atoms with Gasteiger partial charge in [0.2, 0.25) is 0 Å². The number of nitrogens with zero attached hydrogens (tertiary/aromatic N) is 2. The van der Waals surface area contributed by atoms with Gasteiger partial charge in [0.25, 0.3) is 5.91 Å². The highest BCUT2D eigenvalue weighted by molar-refractivity contribution is 6.02. The Morgan fingerprint density at radius 2 is 1.85 bits per heavy atom. The summed E-state index contributed by atoms with van der Waals surface area (Å²) in [6.45, 7) is 2.22. The third-order valence-electron chi connectivity index (χ3n) is 3.13. The normalized spacial score (nSPS) is 16.6. The molecule has 0 atom stereocenters. The fraction of sp³-hybridized carbons (Fsp3) is 0.615. The molecule has 1 heterocycles. The quantitative estimate of drug-likeness (QED) is 0.716. The molecule has 0 aromatic heterocycles. The molecule has 0 aromatic rings. The van der Waals surface area contributed by atoms with Crippen LogP contribution in [0.25, 0.3) is 0 Å². The van der Waals surface area contributed by atoms with Gasteiger partial charge in [-0.25, -0.2) is 9.59 Å². The summed E-state index contributed by atoms with van der Waals surface area (Å²) in [5.74, 6) is -1.37. The molecule has 1 fully saturated rings. The van der Waals surface area contributed by atoms with E-state index in [1.165, 1.54) is 0 Å². The molecular weight excluding hydrogens is 262 g/mol. The highest BCUT2D eigenvalue weighted by atomic mass is 16.4. The number of piperidine rings is 1. The maximum absolute atomic E-state index is 11.8. The Morgan fingerprint density at radius 3 is 2.35 bits per heavy atom. The van der Waals surface area contributed by atoms with E-state index in [0.717, 1.165) is 25.5 Å². The second kappa shape index (κ2) is 7.64. The number of hydrogen-bond donors (Lipinski definition) is 2. The topological polar surface area (TPSA) is 90.0 Å². The van der Waals surface area contributed by atoms with Gasteiger partial charge < -0.3 is 14.9 Å². The number of imide groups is 1. The van der Waals surface area contributed by atoms with E-state index in [9.17, 15) is 14.4 Å². The third kappa shape index (κ3) is 5.83. The number of likely N-dealkylation sites (tertiary alicyclic amines) is 1. The largest absolute Gasteiger partial charge is 0.478 e. The van der Waals surface area contributed by atoms with Crippen molar-refractivity contribution in [3.8, 4) is 0 Å². The molecule has 20 heavy (non-hydrogen) atoms. The minimum absolute atomic E-state index is 0.464. The van der Waals surface area contributed by atoms with E-state index in [2.05, 4.69) is 10.2 Å². The van der Waals surface area contributed by atoms with Crippen LogP contribution in [0.1, 0.15) is 12.8 Å². The predicted molar refractivity (Wildman–Crippen MR) is 73.2 cm³/mol. The standard InChI is InChI=1S/C13H21N3O4/c1-15(2)9-10-5-7-16(8-6-10)13(20)14-11(17)3-4-12(18)19/h3-4,10H,5-9H2,1-2H3,(H,18,19)(H,14,17,20). The lowest BCUT2D eigenvalue weighted by Crippen LogP contribution is -2.47. The molecule has 0 aliphatic carbocycles. The van der Waals surface area contributed by atoms with Gasteiger partial charge in [0.05, 0.1) is 0 Å². The molecule has 1 aliphatic rings. The third-order valence-corrected chi connectivity index (χ3v) is 3.13. The average molecular weight is 283 g/mol. The van der Waals surface area contributed by atoms with Crippen LogP contribution in [0.3, 0.4) is 0 Å². The molecule has 0 spiro atoms. The van der Waals surface area contributed by atoms with Crippen LogP contribution in [0.4, 0.5) is 4.79 Å². The highest BCUT2D eigenvalue weighted by Crippen LogP contribution is 2.17. The van der Waals surface area contributed by atoms with E-state index < -0.39 is 17.9 Å². The lowest BCUT2D eigenvalue weighted by atomic mass is 9.97. The molecule has 2 N–H and O–H groups in total. The number of urea groups is 1. The molecule has 0 bridgehead atoms. The van der Waals surface area contributed by atoms with Crippen LogP contribution in [0.15, 0.2) is 12.2 Å². The van der Waals surface area contributed by atoms with Crippen LogP contribution in [0.2, 0.25) is 0 Å². The number of aliphatic carboxylic acids is 1. The van der Waals surface area contributed by atoms with Crippen LogP contribution >= 0.6 is 0 Å². The van der Waals surface area contributed by atoms with Crippen molar-refractivity contribution in [1.29, 1.82) is 0 Å². The predicted octanol–water partition coefficient (Wildman–Crippen LogP) is 0.137. The van der Waals surface area contributed by atoms with Crippen molar-refractivity contribution in [2.45, 2.75) is 12.8 Å². The van der Waals surface area contributed by atoms with Gasteiger partial charge in [-0.1, -0.05) is 0 Å². The average Bonchev–Trinajstić information content (AvgIpc) is 2.36. The lowest BCUT2D eigenvalue weighted by molar-refractivity contribution is -0.131. The van der Waals surface area contributed by atoms with Gasteiger partial charge in [-0.05, 0) is 32.9 Å². The molecule has 112 valence electrons. The maximum Gasteiger partial charge on any atom is 0.328 e. The number of carbonyl (C=O) groups excluding carboxylic acids is 2. The van der Waals surface area contributed by atoms with Crippen molar-refractivity contribution in [3.63, 3.8) is 0 Å². The molecule has 0 radical (unpaired) electrons. The monoisotopic (exact) mass is 283 g/mol. The van der Waals surface area contributed by atoms with Gasteiger partial charge in [0.1, 0.15) is 0 Å². The zero-order valence-electron chi connectivity index (χ0n) is 11.8. The van der Waals surface area contributed by atoms with Crippen molar-refractivity contribution >= 4 is 17.9 Å². The molecule has 0 aromatic carbocycles. The van der Waals surface area contributed by atoms with Crippen LogP contribution < -0.4 is 5.32 Å². The zero-order chi connectivity index (χ0) is 15.1. The number of nitrogens with one attached hydrogen (secondary N) is 1. The fourth-order valence-electron chi connectivity index (χ4n) is 2.21. The van der Waals surface area contributed by atoms with E-state index >= 15 is 0 Å². The Hall–Kier alpha value is -1.89. The van der Waals surface area contributed by atoms with Gasteiger partial charge in [0, 0.05) is 31.8 Å². The van der Waals surface area contributed by atoms with E-state index in [1.807, 2.05) is 14.1 Å². The molecule has 7 heteroatoms. The van der Waals surface area contributed by atoms with E-state index in [1.54, 1.807) is 4.90 Å². The Labute approximate surface area is 118 Å². The first-order valence-electron chi connectivity index (χ1n) is 6.54. The first-order chi connectivity index (χ1) is 9.38. The van der Waals surface area contributed by atoms with Crippen molar-refractivity contribution in [3.05, 3.63) is 12.2 Å². The van der Waals surface area contributed by atoms with Crippen LogP contribution in [-0.2, 0) is 9.59 Å². The van der Waals surface area contributed by atoms with Gasteiger partial charge in [-0.15, -0.1) is 0 Å². The second-order valence-corrected chi connectivity index (χ2v) is 5.16. The first-order valence-corrected chi connectivity index (χ1v) is 6.54. The smallest absolute Gasteiger partial charge is 0.328 e. The minimum Gasteiger partial charge on any atom is -0.478 e. The summed E-state index contributed by atoms with van der Waals surface area (Å²) in [4.78, 5) is 37.0. The maximum atomic E-state index is 11.8. The van der Waals surface area contributed by atoms with E-state index in [4.69, 9.17) is 5.11 Å². The fourth-order valence-corrected chi connectivity index (χ4v) is 2.21. The highest BCUT2D eigenvalue weighted by Gasteiger charge is 2.23. The van der Waals surface area contributed by atoms with Crippen LogP contribution in [-0.4, -0.2) is 66.5 Å². The van der Waals surface area contributed by atoms with Gasteiger partial charge in [0.15, 0.2) is 0 Å². The molecular formula is C13H21N3O4. The summed E-state index contributed by atoms with van der Waals surface area (Å²) >= 11 is 0. The summed E-state index contributed by atoms with van der Waals surface area (Å²) in [7, 11) is 4.04. The molecule has 1 rings (SSSR count). The summed E-state index contributed by atoms with van der Waals surface area (Å²) in [6.07, 6.45) is 3.35. The lowest BCUT2D eigenvalue weighted by Gasteiger charge is -2.32. The summed E-state index contributed by atoms with van der Waals surface area (Å²) in [5.41, 5.74) is 0. The molecule has 3 amide bonds. The Kier molecular flexibility index (Phi) is 6.17. The minimum atomic E-state index is -1.22. The van der Waals surface area contributed by atoms with Crippen molar-refractivity contribution in [2.75, 3.05) is 33.7 Å². The van der Waals surface area contributed by atoms with Crippen molar-refractivity contribution < 1.29 is 19.5 Å². The number of rotatable bonds is 4. The molecule has 0 unspecified atom stereocenters. The van der Waals surface area contributed by atoms with Gasteiger partial charge >= 0.3 is 12.0 Å². The summed E-state index contributed by atoms with van der Waals surface area (Å²) in [5, 5.41) is 10.5. The first kappa shape index (κ1) is 16.2. The van der Waals surface area contributed by atoms with Crippen LogP contribution in [0.5, 0.6) is 0 Å². The Morgan fingerprint density at radius 1 is 1.25 bits per heavy atom. The number of carboxylic acid groups (broad SMARTS) is 1. The zero-order valence-corrected chi connectivity index (χ0v) is 11.8. The van der Waals surface area contributed by atoms with E-state index in [0.29, 0.717) is 25.1 Å². The van der Waals surface area contributed by atoms with Crippen LogP contribution in [0, 0.1) is 5.92 Å². The Balaban J connectivity index is 2.35. The molecule has 7 nitrogen and oxygen atoms in total. The summed E-state index contributed by atoms with van der Waals surface area (Å²) in [6, 6.07) is -0.464. The SMILES string of the molecule is CN(C)CC1CCN(C(=O)NC(=O)C=CC(=O)O)CC1. The molecule has 1 saturated heterocycles. The summed E-state index contributed by atoms with van der Waals surface area (Å²) < 4.78 is 0. The molecule has 0 saturated carbocycles. The Bertz CT molecular complexity index is 398.